The molecule has 0 saturated carbocycles. The van der Waals surface area contributed by atoms with Gasteiger partial charge >= 0.3 is 0 Å². The highest BCUT2D eigenvalue weighted by molar-refractivity contribution is 6.30. The molecule has 0 fully saturated rings. The molecule has 0 spiro atoms. The molecule has 0 radical (unpaired) electrons. The average molecular weight is 532 g/mol. The molecule has 0 bridgehead atoms. The first-order valence-corrected chi connectivity index (χ1v) is 13.0. The second-order valence-electron chi connectivity index (χ2n) is 9.73. The smallest absolute Gasteiger partial charge is 0.264 e. The van der Waals surface area contributed by atoms with E-state index < -0.39 is 12.1 Å². The van der Waals surface area contributed by atoms with Gasteiger partial charge in [-0.1, -0.05) is 43.6 Å². The van der Waals surface area contributed by atoms with Gasteiger partial charge in [-0.3, -0.25) is 9.59 Å². The van der Waals surface area contributed by atoms with Crippen molar-refractivity contribution in [1.82, 2.24) is 9.88 Å². The summed E-state index contributed by atoms with van der Waals surface area (Å²) in [6.07, 6.45) is 1.72. The molecule has 1 aromatic heterocycles. The number of aromatic amines is 1. The zero-order chi connectivity index (χ0) is 26.8. The number of amides is 2. The Morgan fingerprint density at radius 2 is 1.92 bits per heavy atom. The highest BCUT2D eigenvalue weighted by Gasteiger charge is 2.42. The lowest BCUT2D eigenvalue weighted by molar-refractivity contribution is -0.145. The van der Waals surface area contributed by atoms with Crippen LogP contribution in [0.1, 0.15) is 31.0 Å². The van der Waals surface area contributed by atoms with Crippen molar-refractivity contribution in [3.8, 4) is 11.5 Å². The SMILES string of the molecule is COc1ccc2[nH]cc(CCN3C(=O)C(C(C)C)Oc4ccc(Cl)cc4C3C(=O)Nc3ccccc3)c2c1. The number of ether oxygens (including phenoxy) is 2. The zero-order valence-electron chi connectivity index (χ0n) is 21.5. The second kappa shape index (κ2) is 10.8. The number of carbonyl (C=O) groups excluding carboxylic acids is 2. The number of halogens is 1. The van der Waals surface area contributed by atoms with E-state index in [1.807, 2.05) is 68.6 Å². The molecular weight excluding hydrogens is 502 g/mol. The van der Waals surface area contributed by atoms with Crippen LogP contribution in [0, 0.1) is 5.92 Å². The van der Waals surface area contributed by atoms with Gasteiger partial charge in [0.05, 0.1) is 7.11 Å². The molecule has 2 heterocycles. The summed E-state index contributed by atoms with van der Waals surface area (Å²) in [4.78, 5) is 32.8. The Bertz CT molecular complexity index is 1470. The fourth-order valence-electron chi connectivity index (χ4n) is 4.89. The fourth-order valence-corrected chi connectivity index (χ4v) is 5.07. The highest BCUT2D eigenvalue weighted by atomic mass is 35.5. The van der Waals surface area contributed by atoms with Crippen molar-refractivity contribution in [1.29, 1.82) is 0 Å². The largest absolute Gasteiger partial charge is 0.497 e. The van der Waals surface area contributed by atoms with E-state index in [1.54, 1.807) is 30.2 Å². The summed E-state index contributed by atoms with van der Waals surface area (Å²) in [5.74, 6) is 0.552. The van der Waals surface area contributed by atoms with Crippen LogP contribution in [-0.2, 0) is 16.0 Å². The van der Waals surface area contributed by atoms with Gasteiger partial charge in [-0.25, -0.2) is 0 Å². The molecule has 38 heavy (non-hydrogen) atoms. The van der Waals surface area contributed by atoms with Crippen LogP contribution in [0.25, 0.3) is 10.9 Å². The number of fused-ring (bicyclic) bond motifs is 2. The van der Waals surface area contributed by atoms with Gasteiger partial charge in [0.15, 0.2) is 6.10 Å². The molecule has 2 N–H and O–H groups in total. The molecule has 1 aliphatic heterocycles. The lowest BCUT2D eigenvalue weighted by Crippen LogP contribution is -2.47. The maximum Gasteiger partial charge on any atom is 0.264 e. The van der Waals surface area contributed by atoms with E-state index in [1.165, 1.54) is 0 Å². The summed E-state index contributed by atoms with van der Waals surface area (Å²) < 4.78 is 11.6. The van der Waals surface area contributed by atoms with Crippen LogP contribution in [0.3, 0.4) is 0 Å². The quantitative estimate of drug-likeness (QED) is 0.306. The summed E-state index contributed by atoms with van der Waals surface area (Å²) in [6, 6.07) is 19.3. The maximum absolute atomic E-state index is 14.0. The van der Waals surface area contributed by atoms with Crippen molar-refractivity contribution >= 4 is 40.0 Å². The summed E-state index contributed by atoms with van der Waals surface area (Å²) in [6.45, 7) is 4.17. The lowest BCUT2D eigenvalue weighted by atomic mass is 10.0. The summed E-state index contributed by atoms with van der Waals surface area (Å²) in [7, 11) is 1.63. The number of methoxy groups -OCH3 is 1. The second-order valence-corrected chi connectivity index (χ2v) is 10.2. The van der Waals surface area contributed by atoms with Gasteiger partial charge in [0.2, 0.25) is 0 Å². The first-order valence-electron chi connectivity index (χ1n) is 12.6. The normalized spacial score (nSPS) is 17.2. The van der Waals surface area contributed by atoms with E-state index in [0.29, 0.717) is 35.0 Å². The van der Waals surface area contributed by atoms with Crippen molar-refractivity contribution in [2.45, 2.75) is 32.4 Å². The third kappa shape index (κ3) is 5.07. The Kier molecular flexibility index (Phi) is 7.29. The van der Waals surface area contributed by atoms with Gasteiger partial charge in [0.1, 0.15) is 17.5 Å². The Hall–Kier alpha value is -3.97. The molecule has 0 aliphatic carbocycles. The maximum atomic E-state index is 14.0. The monoisotopic (exact) mass is 531 g/mol. The number of aromatic nitrogens is 1. The molecule has 7 nitrogen and oxygen atoms in total. The van der Waals surface area contributed by atoms with Gasteiger partial charge in [-0.2, -0.15) is 0 Å². The minimum Gasteiger partial charge on any atom is -0.497 e. The minimum absolute atomic E-state index is 0.109. The molecule has 1 aliphatic rings. The molecule has 196 valence electrons. The van der Waals surface area contributed by atoms with Crippen molar-refractivity contribution < 1.29 is 19.1 Å². The molecule has 2 atom stereocenters. The predicted octanol–water partition coefficient (Wildman–Crippen LogP) is 6.00. The van der Waals surface area contributed by atoms with Crippen LogP contribution in [0.5, 0.6) is 11.5 Å². The molecular formula is C30H30ClN3O4. The van der Waals surface area contributed by atoms with E-state index in [4.69, 9.17) is 21.1 Å². The number of hydrogen-bond donors (Lipinski definition) is 2. The molecule has 4 aromatic rings. The Morgan fingerprint density at radius 3 is 2.66 bits per heavy atom. The number of nitrogens with zero attached hydrogens (tertiary/aromatic N) is 1. The number of anilines is 1. The number of H-pyrrole nitrogens is 1. The molecule has 5 rings (SSSR count). The van der Waals surface area contributed by atoms with Gasteiger partial charge < -0.3 is 24.7 Å². The summed E-state index contributed by atoms with van der Waals surface area (Å²) in [5.41, 5.74) is 3.19. The van der Waals surface area contributed by atoms with Crippen molar-refractivity contribution in [2.75, 3.05) is 19.0 Å². The van der Waals surface area contributed by atoms with Gasteiger partial charge in [0, 0.05) is 39.9 Å². The third-order valence-corrected chi connectivity index (χ3v) is 7.09. The van der Waals surface area contributed by atoms with E-state index in [-0.39, 0.29) is 17.7 Å². The van der Waals surface area contributed by atoms with Crippen molar-refractivity contribution in [2.24, 2.45) is 5.92 Å². The van der Waals surface area contributed by atoms with Crippen LogP contribution >= 0.6 is 11.6 Å². The number of para-hydroxylation sites is 1. The molecule has 3 aromatic carbocycles. The highest BCUT2D eigenvalue weighted by Crippen LogP contribution is 2.38. The van der Waals surface area contributed by atoms with Crippen LogP contribution in [0.2, 0.25) is 5.02 Å². The zero-order valence-corrected chi connectivity index (χ0v) is 22.3. The van der Waals surface area contributed by atoms with Crippen LogP contribution in [-0.4, -0.2) is 41.5 Å². The Balaban J connectivity index is 1.55. The van der Waals surface area contributed by atoms with Gasteiger partial charge in [0.25, 0.3) is 11.8 Å². The number of nitrogens with one attached hydrogen (secondary N) is 2. The third-order valence-electron chi connectivity index (χ3n) is 6.85. The van der Waals surface area contributed by atoms with Crippen LogP contribution in [0.4, 0.5) is 5.69 Å². The van der Waals surface area contributed by atoms with E-state index in [9.17, 15) is 9.59 Å². The standard InChI is InChI=1S/C30H30ClN3O4/c1-18(2)28-30(36)34(14-13-19-17-32-25-11-10-22(37-3)16-23(19)25)27(24-15-20(31)9-12-26(24)38-28)29(35)33-21-7-5-4-6-8-21/h4-12,15-18,27-28,32H,13-14H2,1-3H3,(H,33,35). The van der Waals surface area contributed by atoms with E-state index in [2.05, 4.69) is 10.3 Å². The van der Waals surface area contributed by atoms with Gasteiger partial charge in [-0.15, -0.1) is 0 Å². The molecule has 8 heteroatoms. The van der Waals surface area contributed by atoms with Crippen molar-refractivity contribution in [3.05, 3.63) is 89.1 Å². The van der Waals surface area contributed by atoms with Gasteiger partial charge in [-0.05, 0) is 66.4 Å². The van der Waals surface area contributed by atoms with Crippen LogP contribution in [0.15, 0.2) is 72.9 Å². The molecule has 0 saturated heterocycles. The minimum atomic E-state index is -0.931. The first-order chi connectivity index (χ1) is 18.4. The first kappa shape index (κ1) is 25.7. The number of carbonyl (C=O) groups is 2. The predicted molar refractivity (Wildman–Crippen MR) is 149 cm³/mol. The summed E-state index contributed by atoms with van der Waals surface area (Å²) >= 11 is 6.39. The Morgan fingerprint density at radius 1 is 1.13 bits per heavy atom. The Labute approximate surface area is 226 Å². The number of rotatable bonds is 7. The van der Waals surface area contributed by atoms with E-state index in [0.717, 1.165) is 22.2 Å². The summed E-state index contributed by atoms with van der Waals surface area (Å²) in [5, 5.41) is 4.45. The number of benzene rings is 3. The van der Waals surface area contributed by atoms with Crippen molar-refractivity contribution in [3.63, 3.8) is 0 Å². The number of hydrogen-bond acceptors (Lipinski definition) is 4. The molecule has 2 amide bonds. The average Bonchev–Trinajstić information content (AvgIpc) is 3.27. The topological polar surface area (TPSA) is 83.7 Å². The van der Waals surface area contributed by atoms with Crippen LogP contribution < -0.4 is 14.8 Å². The lowest BCUT2D eigenvalue weighted by Gasteiger charge is -2.31. The molecule has 2 unspecified atom stereocenters. The van der Waals surface area contributed by atoms with E-state index >= 15 is 0 Å². The fraction of sp³-hybridized carbons (Fsp3) is 0.267.